The lowest BCUT2D eigenvalue weighted by Crippen LogP contribution is -2.24. The summed E-state index contributed by atoms with van der Waals surface area (Å²) in [6.45, 7) is 4.91. The Morgan fingerprint density at radius 2 is 1.93 bits per heavy atom. The maximum atomic E-state index is 9.12. The Kier molecular flexibility index (Phi) is 4.77. The first-order valence-corrected chi connectivity index (χ1v) is 5.36. The largest absolute Gasteiger partial charge is 0.508 e. The van der Waals surface area contributed by atoms with E-state index in [1.807, 2.05) is 12.1 Å². The van der Waals surface area contributed by atoms with Gasteiger partial charge in [-0.2, -0.15) is 0 Å². The molecule has 14 heavy (non-hydrogen) atoms. The van der Waals surface area contributed by atoms with Crippen molar-refractivity contribution in [1.82, 2.24) is 4.90 Å². The number of aromatic hydroxyl groups is 1. The molecule has 2 nitrogen and oxygen atoms in total. The average Bonchev–Trinajstić information content (AvgIpc) is 2.20. The van der Waals surface area contributed by atoms with Crippen LogP contribution in [0, 0.1) is 0 Å². The minimum Gasteiger partial charge on any atom is -0.508 e. The first-order valence-electron chi connectivity index (χ1n) is 4.82. The van der Waals surface area contributed by atoms with E-state index in [0.717, 1.165) is 19.6 Å². The van der Waals surface area contributed by atoms with Crippen molar-refractivity contribution in [3.05, 3.63) is 29.8 Å². The fourth-order valence-corrected chi connectivity index (χ4v) is 1.57. The van der Waals surface area contributed by atoms with Crippen LogP contribution in [0.3, 0.4) is 0 Å². The summed E-state index contributed by atoms with van der Waals surface area (Å²) in [7, 11) is 0. The van der Waals surface area contributed by atoms with Crippen molar-refractivity contribution in [2.24, 2.45) is 0 Å². The van der Waals surface area contributed by atoms with Crippen LogP contribution in [0.25, 0.3) is 0 Å². The van der Waals surface area contributed by atoms with Gasteiger partial charge in [0.05, 0.1) is 0 Å². The number of nitrogens with zero attached hydrogens (tertiary/aromatic N) is 1. The Balaban J connectivity index is 2.53. The first kappa shape index (κ1) is 11.3. The number of hydrogen-bond donors (Lipinski definition) is 1. The lowest BCUT2D eigenvalue weighted by atomic mass is 10.2. The Morgan fingerprint density at radius 1 is 1.29 bits per heavy atom. The molecular weight excluding hydrogens is 198 g/mol. The average molecular weight is 214 g/mol. The fraction of sp³-hybridized carbons (Fsp3) is 0.455. The van der Waals surface area contributed by atoms with Crippen LogP contribution in [-0.4, -0.2) is 29.0 Å². The molecule has 0 fully saturated rings. The molecule has 0 aromatic heterocycles. The summed E-state index contributed by atoms with van der Waals surface area (Å²) >= 11 is 5.68. The Hall–Kier alpha value is -0.730. The smallest absolute Gasteiger partial charge is 0.115 e. The number of phenols is 1. The number of benzene rings is 1. The van der Waals surface area contributed by atoms with Gasteiger partial charge < -0.3 is 5.11 Å². The van der Waals surface area contributed by atoms with Crippen molar-refractivity contribution in [2.75, 3.05) is 19.0 Å². The Bertz CT molecular complexity index is 260. The Morgan fingerprint density at radius 3 is 2.43 bits per heavy atom. The minimum absolute atomic E-state index is 0.314. The highest BCUT2D eigenvalue weighted by molar-refractivity contribution is 6.18. The van der Waals surface area contributed by atoms with Gasteiger partial charge in [-0.1, -0.05) is 19.1 Å². The molecule has 1 aromatic carbocycles. The monoisotopic (exact) mass is 213 g/mol. The summed E-state index contributed by atoms with van der Waals surface area (Å²) in [6, 6.07) is 7.30. The standard InChI is InChI=1S/C11H16ClNO/c1-2-13(8-7-12)9-10-3-5-11(14)6-4-10/h3-6,14H,2,7-9H2,1H3. The van der Waals surface area contributed by atoms with E-state index in [0.29, 0.717) is 11.6 Å². The summed E-state index contributed by atoms with van der Waals surface area (Å²) in [5.74, 6) is 0.973. The van der Waals surface area contributed by atoms with Gasteiger partial charge in [-0.15, -0.1) is 11.6 Å². The third-order valence-corrected chi connectivity index (χ3v) is 2.36. The summed E-state index contributed by atoms with van der Waals surface area (Å²) in [4.78, 5) is 2.26. The van der Waals surface area contributed by atoms with E-state index < -0.39 is 0 Å². The second-order valence-corrected chi connectivity index (χ2v) is 3.60. The lowest BCUT2D eigenvalue weighted by molar-refractivity contribution is 0.297. The lowest BCUT2D eigenvalue weighted by Gasteiger charge is -2.18. The van der Waals surface area contributed by atoms with Gasteiger partial charge >= 0.3 is 0 Å². The van der Waals surface area contributed by atoms with Crippen LogP contribution in [0.2, 0.25) is 0 Å². The van der Waals surface area contributed by atoms with Crippen molar-refractivity contribution in [3.8, 4) is 5.75 Å². The van der Waals surface area contributed by atoms with Gasteiger partial charge in [-0.3, -0.25) is 4.90 Å². The number of halogens is 1. The topological polar surface area (TPSA) is 23.5 Å². The molecule has 0 aliphatic heterocycles. The summed E-state index contributed by atoms with van der Waals surface area (Å²) in [6.07, 6.45) is 0. The van der Waals surface area contributed by atoms with Crippen molar-refractivity contribution in [1.29, 1.82) is 0 Å². The number of phenolic OH excluding ortho intramolecular Hbond substituents is 1. The maximum absolute atomic E-state index is 9.12. The van der Waals surface area contributed by atoms with Crippen LogP contribution in [0.4, 0.5) is 0 Å². The second kappa shape index (κ2) is 5.89. The molecule has 0 atom stereocenters. The molecule has 0 saturated carbocycles. The Labute approximate surface area is 90.1 Å². The zero-order valence-electron chi connectivity index (χ0n) is 8.41. The first-order chi connectivity index (χ1) is 6.76. The van der Waals surface area contributed by atoms with E-state index in [2.05, 4.69) is 11.8 Å². The number of hydrogen-bond acceptors (Lipinski definition) is 2. The molecule has 0 aliphatic carbocycles. The van der Waals surface area contributed by atoms with Gasteiger partial charge in [-0.25, -0.2) is 0 Å². The van der Waals surface area contributed by atoms with Gasteiger partial charge in [0.1, 0.15) is 5.75 Å². The molecule has 1 N–H and O–H groups in total. The highest BCUT2D eigenvalue weighted by Gasteiger charge is 2.02. The van der Waals surface area contributed by atoms with Crippen LogP contribution in [0.1, 0.15) is 12.5 Å². The van der Waals surface area contributed by atoms with Gasteiger partial charge in [-0.05, 0) is 24.2 Å². The third-order valence-electron chi connectivity index (χ3n) is 2.19. The van der Waals surface area contributed by atoms with Crippen LogP contribution >= 0.6 is 11.6 Å². The third kappa shape index (κ3) is 3.56. The van der Waals surface area contributed by atoms with Gasteiger partial charge in [0.2, 0.25) is 0 Å². The molecule has 0 unspecified atom stereocenters. The van der Waals surface area contributed by atoms with Gasteiger partial charge in [0.15, 0.2) is 0 Å². The highest BCUT2D eigenvalue weighted by atomic mass is 35.5. The van der Waals surface area contributed by atoms with E-state index in [1.165, 1.54) is 5.56 Å². The predicted octanol–water partition coefficient (Wildman–Crippen LogP) is 2.45. The number of alkyl halides is 1. The summed E-state index contributed by atoms with van der Waals surface area (Å²) < 4.78 is 0. The predicted molar refractivity (Wildman–Crippen MR) is 59.8 cm³/mol. The molecule has 0 aliphatic rings. The summed E-state index contributed by atoms with van der Waals surface area (Å²) in [5.41, 5.74) is 1.20. The van der Waals surface area contributed by atoms with Crippen LogP contribution in [-0.2, 0) is 6.54 Å². The van der Waals surface area contributed by atoms with Crippen molar-refractivity contribution < 1.29 is 5.11 Å². The molecule has 3 heteroatoms. The van der Waals surface area contributed by atoms with E-state index in [9.17, 15) is 0 Å². The number of rotatable bonds is 5. The highest BCUT2D eigenvalue weighted by Crippen LogP contribution is 2.11. The van der Waals surface area contributed by atoms with Crippen LogP contribution < -0.4 is 0 Å². The molecular formula is C11H16ClNO. The molecule has 78 valence electrons. The van der Waals surface area contributed by atoms with Crippen molar-refractivity contribution >= 4 is 11.6 Å². The molecule has 0 bridgehead atoms. The van der Waals surface area contributed by atoms with Crippen LogP contribution in [0.5, 0.6) is 5.75 Å². The fourth-order valence-electron chi connectivity index (χ4n) is 1.33. The molecule has 0 radical (unpaired) electrons. The second-order valence-electron chi connectivity index (χ2n) is 3.22. The van der Waals surface area contributed by atoms with E-state index in [4.69, 9.17) is 16.7 Å². The van der Waals surface area contributed by atoms with Gasteiger partial charge in [0.25, 0.3) is 0 Å². The molecule has 0 amide bonds. The van der Waals surface area contributed by atoms with Gasteiger partial charge in [0, 0.05) is 19.0 Å². The molecule has 0 heterocycles. The molecule has 0 saturated heterocycles. The van der Waals surface area contributed by atoms with E-state index >= 15 is 0 Å². The van der Waals surface area contributed by atoms with Crippen LogP contribution in [0.15, 0.2) is 24.3 Å². The van der Waals surface area contributed by atoms with Crippen molar-refractivity contribution in [3.63, 3.8) is 0 Å². The SMILES string of the molecule is CCN(CCCl)Cc1ccc(O)cc1. The quantitative estimate of drug-likeness (QED) is 0.760. The zero-order chi connectivity index (χ0) is 10.4. The van der Waals surface area contributed by atoms with Crippen molar-refractivity contribution in [2.45, 2.75) is 13.5 Å². The van der Waals surface area contributed by atoms with E-state index in [1.54, 1.807) is 12.1 Å². The minimum atomic E-state index is 0.314. The maximum Gasteiger partial charge on any atom is 0.115 e. The molecule has 1 aromatic rings. The molecule has 1 rings (SSSR count). The zero-order valence-corrected chi connectivity index (χ0v) is 9.17. The van der Waals surface area contributed by atoms with E-state index in [-0.39, 0.29) is 0 Å². The summed E-state index contributed by atoms with van der Waals surface area (Å²) in [5, 5.41) is 9.12. The molecule has 0 spiro atoms. The normalized spacial score (nSPS) is 10.8.